The summed E-state index contributed by atoms with van der Waals surface area (Å²) in [6.07, 6.45) is 4.47. The molecule has 1 fully saturated rings. The molecule has 2 heterocycles. The molecule has 1 aliphatic heterocycles. The molecule has 1 aromatic rings. The predicted octanol–water partition coefficient (Wildman–Crippen LogP) is 2.29. The Morgan fingerprint density at radius 1 is 1.45 bits per heavy atom. The fourth-order valence-electron chi connectivity index (χ4n) is 2.63. The number of aryl methyl sites for hydroxylation is 2. The van der Waals surface area contributed by atoms with Crippen molar-refractivity contribution >= 4 is 11.8 Å². The topological polar surface area (TPSA) is 66.3 Å². The van der Waals surface area contributed by atoms with Gasteiger partial charge in [-0.1, -0.05) is 20.3 Å². The highest BCUT2D eigenvalue weighted by molar-refractivity contribution is 5.71. The van der Waals surface area contributed by atoms with Crippen molar-refractivity contribution in [2.75, 3.05) is 18.0 Å². The third-order valence-corrected chi connectivity index (χ3v) is 3.73. The molecule has 1 aliphatic rings. The Bertz CT molecular complexity index is 476. The second-order valence-corrected chi connectivity index (χ2v) is 5.36. The molecule has 0 bridgehead atoms. The number of hydrogen-bond donors (Lipinski definition) is 1. The van der Waals surface area contributed by atoms with Crippen LogP contribution in [0, 0.1) is 5.92 Å². The van der Waals surface area contributed by atoms with Gasteiger partial charge in [-0.05, 0) is 19.3 Å². The Kier molecular flexibility index (Phi) is 4.93. The van der Waals surface area contributed by atoms with E-state index in [2.05, 4.69) is 21.8 Å². The lowest BCUT2D eigenvalue weighted by molar-refractivity contribution is -0.141. The minimum absolute atomic E-state index is 0.279. The zero-order valence-corrected chi connectivity index (χ0v) is 12.3. The van der Waals surface area contributed by atoms with Gasteiger partial charge in [-0.25, -0.2) is 9.97 Å². The smallest absolute Gasteiger partial charge is 0.308 e. The van der Waals surface area contributed by atoms with Crippen molar-refractivity contribution in [3.05, 3.63) is 17.6 Å². The van der Waals surface area contributed by atoms with Gasteiger partial charge in [-0.15, -0.1) is 0 Å². The fraction of sp³-hybridized carbons (Fsp3) is 0.667. The largest absolute Gasteiger partial charge is 0.481 e. The van der Waals surface area contributed by atoms with Crippen molar-refractivity contribution in [2.45, 2.75) is 46.0 Å². The van der Waals surface area contributed by atoms with E-state index in [1.807, 2.05) is 13.0 Å². The van der Waals surface area contributed by atoms with E-state index in [1.54, 1.807) is 0 Å². The van der Waals surface area contributed by atoms with Gasteiger partial charge in [-0.2, -0.15) is 0 Å². The summed E-state index contributed by atoms with van der Waals surface area (Å²) < 4.78 is 0. The van der Waals surface area contributed by atoms with Crippen molar-refractivity contribution in [1.29, 1.82) is 0 Å². The van der Waals surface area contributed by atoms with Gasteiger partial charge >= 0.3 is 5.97 Å². The minimum atomic E-state index is -0.701. The molecule has 1 N–H and O–H groups in total. The minimum Gasteiger partial charge on any atom is -0.481 e. The number of anilines is 1. The molecule has 0 spiro atoms. The number of hydrogen-bond acceptors (Lipinski definition) is 4. The average Bonchev–Trinajstić information content (AvgIpc) is 2.47. The van der Waals surface area contributed by atoms with E-state index in [1.165, 1.54) is 0 Å². The summed E-state index contributed by atoms with van der Waals surface area (Å²) in [5.74, 6) is 0.765. The van der Waals surface area contributed by atoms with Crippen LogP contribution in [0.5, 0.6) is 0 Å². The standard InChI is InChI=1S/C15H23N3O2/c1-3-6-12-9-14(17-13(4-2)16-12)18-8-5-7-11(10-18)15(19)20/h9,11H,3-8,10H2,1-2H3,(H,19,20). The Morgan fingerprint density at radius 2 is 2.25 bits per heavy atom. The maximum atomic E-state index is 11.2. The summed E-state index contributed by atoms with van der Waals surface area (Å²) >= 11 is 0. The molecule has 5 nitrogen and oxygen atoms in total. The van der Waals surface area contributed by atoms with E-state index in [9.17, 15) is 9.90 Å². The molecule has 1 atom stereocenters. The van der Waals surface area contributed by atoms with Crippen LogP contribution in [0.15, 0.2) is 6.07 Å². The fourth-order valence-corrected chi connectivity index (χ4v) is 2.63. The first-order chi connectivity index (χ1) is 9.63. The molecule has 110 valence electrons. The van der Waals surface area contributed by atoms with Gasteiger partial charge in [0.2, 0.25) is 0 Å². The van der Waals surface area contributed by atoms with E-state index in [4.69, 9.17) is 0 Å². The molecular weight excluding hydrogens is 254 g/mol. The van der Waals surface area contributed by atoms with Crippen molar-refractivity contribution in [3.63, 3.8) is 0 Å². The maximum absolute atomic E-state index is 11.2. The van der Waals surface area contributed by atoms with E-state index < -0.39 is 5.97 Å². The van der Waals surface area contributed by atoms with Crippen molar-refractivity contribution in [3.8, 4) is 0 Å². The van der Waals surface area contributed by atoms with Crippen LogP contribution in [-0.2, 0) is 17.6 Å². The second kappa shape index (κ2) is 6.68. The lowest BCUT2D eigenvalue weighted by Gasteiger charge is -2.32. The zero-order chi connectivity index (χ0) is 14.5. The number of nitrogens with zero attached hydrogens (tertiary/aromatic N) is 3. The van der Waals surface area contributed by atoms with E-state index in [0.29, 0.717) is 6.54 Å². The summed E-state index contributed by atoms with van der Waals surface area (Å²) in [6.45, 7) is 5.62. The summed E-state index contributed by atoms with van der Waals surface area (Å²) in [5.41, 5.74) is 1.06. The van der Waals surface area contributed by atoms with Crippen LogP contribution in [0.4, 0.5) is 5.82 Å². The van der Waals surface area contributed by atoms with E-state index >= 15 is 0 Å². The highest BCUT2D eigenvalue weighted by atomic mass is 16.4. The Morgan fingerprint density at radius 3 is 2.90 bits per heavy atom. The lowest BCUT2D eigenvalue weighted by atomic mass is 9.98. The highest BCUT2D eigenvalue weighted by Crippen LogP contribution is 2.23. The summed E-state index contributed by atoms with van der Waals surface area (Å²) in [5, 5.41) is 9.18. The van der Waals surface area contributed by atoms with Crippen LogP contribution >= 0.6 is 0 Å². The third-order valence-electron chi connectivity index (χ3n) is 3.73. The zero-order valence-electron chi connectivity index (χ0n) is 12.3. The molecule has 1 aromatic heterocycles. The van der Waals surface area contributed by atoms with Crippen molar-refractivity contribution in [2.24, 2.45) is 5.92 Å². The number of aliphatic carboxylic acids is 1. The molecule has 0 saturated carbocycles. The van der Waals surface area contributed by atoms with E-state index in [-0.39, 0.29) is 5.92 Å². The quantitative estimate of drug-likeness (QED) is 0.894. The van der Waals surface area contributed by atoms with E-state index in [0.717, 1.165) is 56.0 Å². The second-order valence-electron chi connectivity index (χ2n) is 5.36. The number of carboxylic acids is 1. The summed E-state index contributed by atoms with van der Waals surface area (Å²) in [6, 6.07) is 2.02. The number of carbonyl (C=O) groups is 1. The van der Waals surface area contributed by atoms with Crippen LogP contribution in [0.1, 0.15) is 44.6 Å². The van der Waals surface area contributed by atoms with Gasteiger partial charge in [0.1, 0.15) is 11.6 Å². The van der Waals surface area contributed by atoms with Gasteiger partial charge in [0.25, 0.3) is 0 Å². The first-order valence-corrected chi connectivity index (χ1v) is 7.48. The normalized spacial score (nSPS) is 19.1. The molecule has 5 heteroatoms. The van der Waals surface area contributed by atoms with Crippen LogP contribution in [-0.4, -0.2) is 34.1 Å². The third kappa shape index (κ3) is 3.46. The van der Waals surface area contributed by atoms with Gasteiger partial charge in [0, 0.05) is 31.3 Å². The molecule has 1 saturated heterocycles. The SMILES string of the molecule is CCCc1cc(N2CCCC(C(=O)O)C2)nc(CC)n1. The molecular formula is C15H23N3O2. The highest BCUT2D eigenvalue weighted by Gasteiger charge is 2.26. The van der Waals surface area contributed by atoms with Gasteiger partial charge < -0.3 is 10.0 Å². The average molecular weight is 277 g/mol. The molecule has 1 unspecified atom stereocenters. The van der Waals surface area contributed by atoms with Crippen LogP contribution in [0.25, 0.3) is 0 Å². The van der Waals surface area contributed by atoms with Crippen LogP contribution in [0.2, 0.25) is 0 Å². The predicted molar refractivity (Wildman–Crippen MR) is 78.0 cm³/mol. The monoisotopic (exact) mass is 277 g/mol. The van der Waals surface area contributed by atoms with Gasteiger partial charge in [-0.3, -0.25) is 4.79 Å². The molecule has 2 rings (SSSR count). The molecule has 0 aliphatic carbocycles. The Hall–Kier alpha value is -1.65. The Balaban J connectivity index is 2.21. The first-order valence-electron chi connectivity index (χ1n) is 7.48. The maximum Gasteiger partial charge on any atom is 0.308 e. The molecule has 0 radical (unpaired) electrons. The van der Waals surface area contributed by atoms with Crippen LogP contribution < -0.4 is 4.90 Å². The molecule has 0 aromatic carbocycles. The number of aromatic nitrogens is 2. The summed E-state index contributed by atoms with van der Waals surface area (Å²) in [4.78, 5) is 22.4. The first kappa shape index (κ1) is 14.8. The number of carboxylic acid groups (broad SMARTS) is 1. The molecule has 0 amide bonds. The van der Waals surface area contributed by atoms with Crippen molar-refractivity contribution in [1.82, 2.24) is 9.97 Å². The Labute approximate surface area is 120 Å². The van der Waals surface area contributed by atoms with Gasteiger partial charge in [0.05, 0.1) is 5.92 Å². The number of rotatable bonds is 5. The van der Waals surface area contributed by atoms with Gasteiger partial charge in [0.15, 0.2) is 0 Å². The number of piperidine rings is 1. The summed E-state index contributed by atoms with van der Waals surface area (Å²) in [7, 11) is 0. The van der Waals surface area contributed by atoms with Crippen molar-refractivity contribution < 1.29 is 9.90 Å². The van der Waals surface area contributed by atoms with Crippen LogP contribution in [0.3, 0.4) is 0 Å². The lowest BCUT2D eigenvalue weighted by Crippen LogP contribution is -2.39. The molecule has 20 heavy (non-hydrogen) atoms.